The molecule has 188 valence electrons. The highest BCUT2D eigenvalue weighted by Crippen LogP contribution is 2.50. The summed E-state index contributed by atoms with van der Waals surface area (Å²) < 4.78 is 22.4. The molecule has 0 spiro atoms. The van der Waals surface area contributed by atoms with Gasteiger partial charge in [0.05, 0.1) is 46.2 Å². The van der Waals surface area contributed by atoms with E-state index in [1.807, 2.05) is 0 Å². The van der Waals surface area contributed by atoms with Gasteiger partial charge in [-0.25, -0.2) is 4.39 Å². The van der Waals surface area contributed by atoms with E-state index in [0.29, 0.717) is 34.1 Å². The zero-order valence-corrected chi connectivity index (χ0v) is 21.3. The van der Waals surface area contributed by atoms with Crippen LogP contribution in [0.25, 0.3) is 0 Å². The summed E-state index contributed by atoms with van der Waals surface area (Å²) in [7, 11) is 0. The third-order valence-electron chi connectivity index (χ3n) is 6.71. The van der Waals surface area contributed by atoms with Crippen molar-refractivity contribution in [2.24, 2.45) is 0 Å². The van der Waals surface area contributed by atoms with Gasteiger partial charge in [-0.1, -0.05) is 35.3 Å². The average Bonchev–Trinajstić information content (AvgIpc) is 3.51. The number of ether oxygens (including phenoxy) is 1. The number of benzene rings is 2. The molecule has 3 aromatic rings. The van der Waals surface area contributed by atoms with Crippen molar-refractivity contribution >= 4 is 29.1 Å². The zero-order chi connectivity index (χ0) is 25.9. The van der Waals surface area contributed by atoms with Crippen molar-refractivity contribution < 1.29 is 24.1 Å². The Morgan fingerprint density at radius 3 is 2.36 bits per heavy atom. The van der Waals surface area contributed by atoms with Gasteiger partial charge in [-0.2, -0.15) is 0 Å². The molecule has 1 aliphatic heterocycles. The van der Waals surface area contributed by atoms with Gasteiger partial charge in [-0.15, -0.1) is 0 Å². The normalized spacial score (nSPS) is 20.5. The van der Waals surface area contributed by atoms with E-state index in [1.54, 1.807) is 36.4 Å². The summed E-state index contributed by atoms with van der Waals surface area (Å²) in [5.41, 5.74) is -2.82. The van der Waals surface area contributed by atoms with Crippen LogP contribution in [-0.4, -0.2) is 38.2 Å². The quantitative estimate of drug-likeness (QED) is 0.441. The van der Waals surface area contributed by atoms with Crippen LogP contribution < -0.4 is 0 Å². The molecule has 0 saturated heterocycles. The fourth-order valence-corrected chi connectivity index (χ4v) is 4.72. The number of fused-ring (bicyclic) bond motifs is 1. The van der Waals surface area contributed by atoms with E-state index >= 15 is 4.39 Å². The molecule has 1 aliphatic carbocycles. The number of aromatic nitrogens is 1. The first-order chi connectivity index (χ1) is 16.9. The minimum absolute atomic E-state index is 0.0148. The summed E-state index contributed by atoms with van der Waals surface area (Å²) in [6, 6.07) is 12.7. The Balaban J connectivity index is 1.74. The molecule has 0 radical (unpaired) electrons. The number of aliphatic hydroxyl groups is 2. The summed E-state index contributed by atoms with van der Waals surface area (Å²) in [5, 5.41) is 22.1. The highest BCUT2D eigenvalue weighted by molar-refractivity contribution is 6.30. The summed E-state index contributed by atoms with van der Waals surface area (Å²) >= 11 is 12.2. The Kier molecular flexibility index (Phi) is 6.13. The molecule has 2 heterocycles. The SMILES string of the molecule is CC(C)(O)c1cc(F)c2c(c1)C(=O)N(Cc1ccc(Cl)cn1)C2(OCC1(O)CC1)c1ccc(Cl)cc1. The van der Waals surface area contributed by atoms with Crippen LogP contribution in [0.3, 0.4) is 0 Å². The molecule has 0 bridgehead atoms. The monoisotopic (exact) mass is 530 g/mol. The smallest absolute Gasteiger partial charge is 0.257 e. The lowest BCUT2D eigenvalue weighted by atomic mass is 9.88. The van der Waals surface area contributed by atoms with E-state index in [1.165, 1.54) is 37.1 Å². The highest BCUT2D eigenvalue weighted by atomic mass is 35.5. The van der Waals surface area contributed by atoms with E-state index in [0.717, 1.165) is 0 Å². The van der Waals surface area contributed by atoms with Gasteiger partial charge in [0.15, 0.2) is 5.72 Å². The van der Waals surface area contributed by atoms with Crippen LogP contribution in [0.5, 0.6) is 0 Å². The van der Waals surface area contributed by atoms with Crippen molar-refractivity contribution in [2.45, 2.75) is 50.2 Å². The fourth-order valence-electron chi connectivity index (χ4n) is 4.48. The van der Waals surface area contributed by atoms with Crippen molar-refractivity contribution in [1.82, 2.24) is 9.88 Å². The third kappa shape index (κ3) is 4.40. The number of pyridine rings is 1. The molecule has 2 aliphatic rings. The van der Waals surface area contributed by atoms with Crippen LogP contribution in [0.2, 0.25) is 10.0 Å². The van der Waals surface area contributed by atoms with E-state index in [2.05, 4.69) is 4.98 Å². The Morgan fingerprint density at radius 2 is 1.78 bits per heavy atom. The molecule has 36 heavy (non-hydrogen) atoms. The van der Waals surface area contributed by atoms with Gasteiger partial charge in [0.1, 0.15) is 5.82 Å². The first-order valence-corrected chi connectivity index (χ1v) is 12.3. The van der Waals surface area contributed by atoms with Gasteiger partial charge < -0.3 is 14.9 Å². The van der Waals surface area contributed by atoms with Crippen LogP contribution >= 0.6 is 23.2 Å². The number of hydrogen-bond acceptors (Lipinski definition) is 5. The number of carbonyl (C=O) groups excluding carboxylic acids is 1. The lowest BCUT2D eigenvalue weighted by Gasteiger charge is -2.40. The summed E-state index contributed by atoms with van der Waals surface area (Å²) in [4.78, 5) is 19.7. The van der Waals surface area contributed by atoms with Gasteiger partial charge in [0, 0.05) is 16.8 Å². The van der Waals surface area contributed by atoms with Crippen molar-refractivity contribution in [1.29, 1.82) is 0 Å². The Morgan fingerprint density at radius 1 is 1.11 bits per heavy atom. The molecular formula is C27H25Cl2FN2O4. The molecule has 1 atom stereocenters. The highest BCUT2D eigenvalue weighted by Gasteiger charge is 2.56. The van der Waals surface area contributed by atoms with Crippen LogP contribution in [-0.2, 0) is 22.6 Å². The summed E-state index contributed by atoms with van der Waals surface area (Å²) in [6.07, 6.45) is 2.56. The molecule has 1 aromatic heterocycles. The molecular weight excluding hydrogens is 506 g/mol. The van der Waals surface area contributed by atoms with Gasteiger partial charge in [-0.3, -0.25) is 14.7 Å². The van der Waals surface area contributed by atoms with Crippen molar-refractivity contribution in [3.05, 3.63) is 98.5 Å². The largest absolute Gasteiger partial charge is 0.387 e. The lowest BCUT2D eigenvalue weighted by molar-refractivity contribution is -0.139. The van der Waals surface area contributed by atoms with Gasteiger partial charge in [0.2, 0.25) is 0 Å². The maximum atomic E-state index is 16.0. The molecule has 1 amide bonds. The molecule has 2 aromatic carbocycles. The maximum Gasteiger partial charge on any atom is 0.257 e. The number of nitrogens with zero attached hydrogens (tertiary/aromatic N) is 2. The molecule has 2 N–H and O–H groups in total. The molecule has 5 rings (SSSR count). The molecule has 1 fully saturated rings. The second-order valence-electron chi connectivity index (χ2n) is 9.96. The number of halogens is 3. The van der Waals surface area contributed by atoms with Crippen molar-refractivity contribution in [3.8, 4) is 0 Å². The minimum Gasteiger partial charge on any atom is -0.387 e. The fraction of sp³-hybridized carbons (Fsp3) is 0.333. The van der Waals surface area contributed by atoms with E-state index in [-0.39, 0.29) is 29.8 Å². The van der Waals surface area contributed by atoms with E-state index in [9.17, 15) is 15.0 Å². The van der Waals surface area contributed by atoms with E-state index in [4.69, 9.17) is 27.9 Å². The predicted molar refractivity (Wildman–Crippen MR) is 133 cm³/mol. The molecule has 1 saturated carbocycles. The first-order valence-electron chi connectivity index (χ1n) is 11.5. The number of amides is 1. The van der Waals surface area contributed by atoms with E-state index < -0.39 is 28.7 Å². The number of rotatable bonds is 7. The van der Waals surface area contributed by atoms with Crippen LogP contribution in [0.15, 0.2) is 54.7 Å². The standard InChI is InChI=1S/C27H25Cl2FN2O4/c1-25(2,34)17-11-21-23(22(30)12-17)27(36-15-26(35)9-10-26,16-3-5-18(28)6-4-16)32(24(21)33)14-20-8-7-19(29)13-31-20/h3-8,11-13,34-35H,9-10,14-15H2,1-2H3. The maximum absolute atomic E-state index is 16.0. The zero-order valence-electron chi connectivity index (χ0n) is 19.8. The second kappa shape index (κ2) is 8.78. The third-order valence-corrected chi connectivity index (χ3v) is 7.19. The first kappa shape index (κ1) is 25.1. The Labute approximate surface area is 218 Å². The molecule has 9 heteroatoms. The summed E-state index contributed by atoms with van der Waals surface area (Å²) in [5.74, 6) is -1.20. The molecule has 6 nitrogen and oxygen atoms in total. The molecule has 1 unspecified atom stereocenters. The van der Waals surface area contributed by atoms with Gasteiger partial charge in [0.25, 0.3) is 5.91 Å². The summed E-state index contributed by atoms with van der Waals surface area (Å²) in [6.45, 7) is 2.91. The van der Waals surface area contributed by atoms with Crippen LogP contribution in [0, 0.1) is 5.82 Å². The topological polar surface area (TPSA) is 82.9 Å². The van der Waals surface area contributed by atoms with Crippen LogP contribution in [0.1, 0.15) is 59.4 Å². The Hall–Kier alpha value is -2.55. The predicted octanol–water partition coefficient (Wildman–Crippen LogP) is 5.15. The average molecular weight is 531 g/mol. The van der Waals surface area contributed by atoms with Crippen LogP contribution in [0.4, 0.5) is 4.39 Å². The van der Waals surface area contributed by atoms with Gasteiger partial charge >= 0.3 is 0 Å². The number of carbonyl (C=O) groups is 1. The second-order valence-corrected chi connectivity index (χ2v) is 10.8. The van der Waals surface area contributed by atoms with Gasteiger partial charge in [-0.05, 0) is 68.7 Å². The number of hydrogen-bond donors (Lipinski definition) is 2. The minimum atomic E-state index is -1.71. The lowest BCUT2D eigenvalue weighted by Crippen LogP contribution is -2.48. The van der Waals surface area contributed by atoms with Crippen molar-refractivity contribution in [3.63, 3.8) is 0 Å². The Bertz CT molecular complexity index is 1320. The van der Waals surface area contributed by atoms with Crippen molar-refractivity contribution in [2.75, 3.05) is 6.61 Å².